The van der Waals surface area contributed by atoms with Gasteiger partial charge in [-0.15, -0.1) is 0 Å². The summed E-state index contributed by atoms with van der Waals surface area (Å²) in [5.41, 5.74) is 4.23. The van der Waals surface area contributed by atoms with E-state index in [4.69, 9.17) is 9.72 Å². The highest BCUT2D eigenvalue weighted by molar-refractivity contribution is 5.81. The molecule has 0 aliphatic carbocycles. The van der Waals surface area contributed by atoms with Crippen LogP contribution in [0, 0.1) is 13.8 Å². The topological polar surface area (TPSA) is 47.4 Å². The Balaban J connectivity index is 1.60. The summed E-state index contributed by atoms with van der Waals surface area (Å²) in [7, 11) is 0. The van der Waals surface area contributed by atoms with Gasteiger partial charge in [-0.2, -0.15) is 0 Å². The van der Waals surface area contributed by atoms with E-state index >= 15 is 0 Å². The summed E-state index contributed by atoms with van der Waals surface area (Å²) in [4.78, 5) is 19.6. The zero-order valence-corrected chi connectivity index (χ0v) is 18.6. The lowest BCUT2D eigenvalue weighted by Gasteiger charge is -2.32. The molecule has 1 aliphatic heterocycles. The highest BCUT2D eigenvalue weighted by Crippen LogP contribution is 2.34. The highest BCUT2D eigenvalue weighted by Gasteiger charge is 2.38. The van der Waals surface area contributed by atoms with Gasteiger partial charge in [0.2, 0.25) is 5.91 Å². The molecule has 0 saturated carbocycles. The minimum Gasteiger partial charge on any atom is -0.491 e. The predicted molar refractivity (Wildman–Crippen MR) is 120 cm³/mol. The molecule has 158 valence electrons. The Morgan fingerprint density at radius 2 is 1.90 bits per heavy atom. The predicted octanol–water partition coefficient (Wildman–Crippen LogP) is 4.85. The van der Waals surface area contributed by atoms with Gasteiger partial charge in [0.25, 0.3) is 0 Å². The van der Waals surface area contributed by atoms with E-state index in [-0.39, 0.29) is 17.4 Å². The monoisotopic (exact) mass is 405 g/mol. The quantitative estimate of drug-likeness (QED) is 0.610. The maximum atomic E-state index is 12.7. The van der Waals surface area contributed by atoms with E-state index in [0.29, 0.717) is 26.1 Å². The third-order valence-electron chi connectivity index (χ3n) is 5.90. The number of aromatic nitrogens is 2. The normalized spacial score (nSPS) is 17.2. The molecule has 1 atom stereocenters. The second kappa shape index (κ2) is 7.78. The first-order valence-corrected chi connectivity index (χ1v) is 10.7. The Kier molecular flexibility index (Phi) is 5.31. The Labute approximate surface area is 178 Å². The first-order chi connectivity index (χ1) is 14.2. The molecule has 0 unspecified atom stereocenters. The van der Waals surface area contributed by atoms with Crippen LogP contribution in [0.3, 0.4) is 0 Å². The summed E-state index contributed by atoms with van der Waals surface area (Å²) < 4.78 is 8.37. The summed E-state index contributed by atoms with van der Waals surface area (Å²) in [6.45, 7) is 12.4. The summed E-state index contributed by atoms with van der Waals surface area (Å²) in [6.07, 6.45) is 0.512. The van der Waals surface area contributed by atoms with Crippen LogP contribution >= 0.6 is 0 Å². The first-order valence-electron chi connectivity index (χ1n) is 10.7. The van der Waals surface area contributed by atoms with Crippen LogP contribution in [0.5, 0.6) is 5.75 Å². The molecule has 5 heteroatoms. The number of fused-ring (bicyclic) bond motifs is 1. The smallest absolute Gasteiger partial charge is 0.223 e. The number of likely N-dealkylation sites (tertiary alicyclic amines) is 1. The van der Waals surface area contributed by atoms with Crippen LogP contribution in [0.15, 0.2) is 42.5 Å². The molecule has 0 radical (unpaired) electrons. The number of aryl methyl sites for hydroxylation is 2. The van der Waals surface area contributed by atoms with Crippen molar-refractivity contribution in [3.8, 4) is 5.75 Å². The summed E-state index contributed by atoms with van der Waals surface area (Å²) in [5.74, 6) is 2.22. The fourth-order valence-electron chi connectivity index (χ4n) is 4.28. The second-order valence-electron chi connectivity index (χ2n) is 9.30. The van der Waals surface area contributed by atoms with Crippen molar-refractivity contribution < 1.29 is 9.53 Å². The van der Waals surface area contributed by atoms with E-state index in [9.17, 15) is 4.79 Å². The molecule has 2 aromatic carbocycles. The van der Waals surface area contributed by atoms with Crippen LogP contribution in [0.2, 0.25) is 0 Å². The van der Waals surface area contributed by atoms with Gasteiger partial charge < -0.3 is 14.2 Å². The molecule has 4 rings (SSSR count). The summed E-state index contributed by atoms with van der Waals surface area (Å²) >= 11 is 0. The van der Waals surface area contributed by atoms with Crippen LogP contribution in [0.1, 0.15) is 50.1 Å². The fourth-order valence-corrected chi connectivity index (χ4v) is 4.28. The number of hydrogen-bond donors (Lipinski definition) is 0. The fraction of sp³-hybridized carbons (Fsp3) is 0.440. The molecular formula is C25H31N3O2. The number of hydrogen-bond acceptors (Lipinski definition) is 3. The zero-order chi connectivity index (χ0) is 21.5. The lowest BCUT2D eigenvalue weighted by Crippen LogP contribution is -2.42. The number of nitrogens with zero attached hydrogens (tertiary/aromatic N) is 3. The van der Waals surface area contributed by atoms with Gasteiger partial charge in [-0.05, 0) is 63.9 Å². The van der Waals surface area contributed by atoms with Crippen molar-refractivity contribution in [2.45, 2.75) is 59.0 Å². The average molecular weight is 406 g/mol. The third-order valence-corrected chi connectivity index (χ3v) is 5.90. The molecule has 2 heterocycles. The average Bonchev–Trinajstić information content (AvgIpc) is 3.25. The van der Waals surface area contributed by atoms with Gasteiger partial charge in [0.1, 0.15) is 18.2 Å². The number of benzene rings is 2. The number of carbonyl (C=O) groups is 1. The van der Waals surface area contributed by atoms with Crippen LogP contribution in [0.4, 0.5) is 0 Å². The zero-order valence-electron chi connectivity index (χ0n) is 18.6. The van der Waals surface area contributed by atoms with Gasteiger partial charge in [-0.3, -0.25) is 4.79 Å². The maximum Gasteiger partial charge on any atom is 0.223 e. The molecular weight excluding hydrogens is 374 g/mol. The molecule has 1 aliphatic rings. The van der Waals surface area contributed by atoms with Crippen molar-refractivity contribution in [3.05, 3.63) is 59.4 Å². The number of para-hydroxylation sites is 2. The van der Waals surface area contributed by atoms with E-state index in [2.05, 4.69) is 63.5 Å². The molecule has 0 bridgehead atoms. The van der Waals surface area contributed by atoms with Gasteiger partial charge in [-0.1, -0.05) is 24.3 Å². The second-order valence-corrected chi connectivity index (χ2v) is 9.30. The molecule has 1 saturated heterocycles. The summed E-state index contributed by atoms with van der Waals surface area (Å²) in [5, 5.41) is 0. The van der Waals surface area contributed by atoms with E-state index in [1.54, 1.807) is 0 Å². The van der Waals surface area contributed by atoms with Crippen LogP contribution < -0.4 is 4.74 Å². The Bertz CT molecular complexity index is 1080. The molecule has 3 aromatic rings. The molecule has 0 spiro atoms. The van der Waals surface area contributed by atoms with E-state index < -0.39 is 0 Å². The number of rotatable bonds is 5. The molecule has 1 aromatic heterocycles. The van der Waals surface area contributed by atoms with Crippen molar-refractivity contribution >= 4 is 16.9 Å². The molecule has 5 nitrogen and oxygen atoms in total. The number of ether oxygens (including phenoxy) is 1. The maximum absolute atomic E-state index is 12.7. The largest absolute Gasteiger partial charge is 0.491 e. The van der Waals surface area contributed by atoms with Crippen LogP contribution in [0.25, 0.3) is 11.0 Å². The molecule has 1 amide bonds. The van der Waals surface area contributed by atoms with Crippen molar-refractivity contribution in [3.63, 3.8) is 0 Å². The Morgan fingerprint density at radius 1 is 1.13 bits per heavy atom. The van der Waals surface area contributed by atoms with Crippen molar-refractivity contribution in [1.29, 1.82) is 0 Å². The van der Waals surface area contributed by atoms with E-state index in [0.717, 1.165) is 28.2 Å². The van der Waals surface area contributed by atoms with Crippen molar-refractivity contribution in [2.75, 3.05) is 13.2 Å². The highest BCUT2D eigenvalue weighted by atomic mass is 16.5. The number of imidazole rings is 1. The van der Waals surface area contributed by atoms with Gasteiger partial charge in [0, 0.05) is 24.4 Å². The van der Waals surface area contributed by atoms with E-state index in [1.165, 1.54) is 5.56 Å². The minimum absolute atomic E-state index is 0.102. The lowest BCUT2D eigenvalue weighted by molar-refractivity contribution is -0.131. The molecule has 30 heavy (non-hydrogen) atoms. The van der Waals surface area contributed by atoms with Crippen LogP contribution in [-0.4, -0.2) is 39.0 Å². The third kappa shape index (κ3) is 3.93. The van der Waals surface area contributed by atoms with Gasteiger partial charge in [0.05, 0.1) is 17.6 Å². The van der Waals surface area contributed by atoms with E-state index in [1.807, 2.05) is 23.1 Å². The molecule has 0 N–H and O–H groups in total. The Morgan fingerprint density at radius 3 is 2.63 bits per heavy atom. The van der Waals surface area contributed by atoms with Gasteiger partial charge in [0.15, 0.2) is 0 Å². The number of carbonyl (C=O) groups excluding carboxylic acids is 1. The van der Waals surface area contributed by atoms with Crippen molar-refractivity contribution in [2.24, 2.45) is 0 Å². The summed E-state index contributed by atoms with van der Waals surface area (Å²) in [6, 6.07) is 14.5. The molecule has 1 fully saturated rings. The van der Waals surface area contributed by atoms with Gasteiger partial charge in [-0.25, -0.2) is 4.98 Å². The van der Waals surface area contributed by atoms with Crippen molar-refractivity contribution in [1.82, 2.24) is 14.5 Å². The lowest BCUT2D eigenvalue weighted by atomic mass is 10.1. The SMILES string of the molecule is Cc1ccc(C)c(OCCn2c([C@@H]3CC(=O)N(C(C)(C)C)C3)nc3ccccc32)c1. The van der Waals surface area contributed by atoms with Crippen LogP contribution in [-0.2, 0) is 11.3 Å². The minimum atomic E-state index is -0.172. The number of amides is 1. The van der Waals surface area contributed by atoms with Gasteiger partial charge >= 0.3 is 0 Å². The first kappa shape index (κ1) is 20.5. The standard InChI is InChI=1S/C25H31N3O2/c1-17-10-11-18(2)22(14-17)30-13-12-27-21-9-7-6-8-20(21)26-24(27)19-15-23(29)28(16-19)25(3,4)5/h6-11,14,19H,12-13,15-16H2,1-5H3/t19-/m1/s1. The Hall–Kier alpha value is -2.82.